The van der Waals surface area contributed by atoms with E-state index in [-0.39, 0.29) is 18.1 Å². The summed E-state index contributed by atoms with van der Waals surface area (Å²) in [6, 6.07) is 0.226. The number of carbonyl (C=O) groups excluding carboxylic acids is 4. The first-order chi connectivity index (χ1) is 16.2. The Hall–Kier alpha value is -3.71. The van der Waals surface area contributed by atoms with Crippen LogP contribution in [0.3, 0.4) is 0 Å². The summed E-state index contributed by atoms with van der Waals surface area (Å²) in [5.74, 6) is -5.32. The number of carbonyl (C=O) groups is 5. The standard InChI is InChI=1S/C22H33N5O8/c1-10(2)17(24)20(32)27-18(11(3)28)21(33)25-14(8-12-4-6-13(29)7-5-12)19(31)26-15(22(34)35)9-16(23)30/h4-7,10-11,14-15,17-18,28-29H,8-9,24H2,1-3H3,(H2,23,30)(H,25,33)(H,26,31)(H,27,32)(H,34,35). The van der Waals surface area contributed by atoms with Gasteiger partial charge in [0.25, 0.3) is 0 Å². The second-order valence-corrected chi connectivity index (χ2v) is 8.50. The number of nitrogens with two attached hydrogens (primary N) is 2. The highest BCUT2D eigenvalue weighted by Gasteiger charge is 2.33. The van der Waals surface area contributed by atoms with Gasteiger partial charge in [-0.25, -0.2) is 4.79 Å². The van der Waals surface area contributed by atoms with E-state index in [1.807, 2.05) is 0 Å². The second kappa shape index (κ2) is 13.2. The molecule has 0 saturated heterocycles. The molecule has 1 rings (SSSR count). The summed E-state index contributed by atoms with van der Waals surface area (Å²) in [6.45, 7) is 4.66. The first-order valence-corrected chi connectivity index (χ1v) is 10.9. The summed E-state index contributed by atoms with van der Waals surface area (Å²) in [5, 5.41) is 35.7. The molecule has 5 atom stereocenters. The number of hydrogen-bond donors (Lipinski definition) is 8. The number of nitrogens with one attached hydrogen (secondary N) is 3. The van der Waals surface area contributed by atoms with E-state index in [4.69, 9.17) is 11.5 Å². The highest BCUT2D eigenvalue weighted by Crippen LogP contribution is 2.12. The number of carboxylic acids is 1. The average molecular weight is 496 g/mol. The molecule has 13 nitrogen and oxygen atoms in total. The zero-order valence-corrected chi connectivity index (χ0v) is 19.7. The Morgan fingerprint density at radius 2 is 1.43 bits per heavy atom. The van der Waals surface area contributed by atoms with Crippen LogP contribution in [0, 0.1) is 5.92 Å². The maximum absolute atomic E-state index is 12.9. The summed E-state index contributed by atoms with van der Waals surface area (Å²) < 4.78 is 0. The van der Waals surface area contributed by atoms with Crippen molar-refractivity contribution in [3.63, 3.8) is 0 Å². The van der Waals surface area contributed by atoms with Crippen LogP contribution in [-0.2, 0) is 30.4 Å². The van der Waals surface area contributed by atoms with Crippen molar-refractivity contribution < 1.29 is 39.3 Å². The fourth-order valence-corrected chi connectivity index (χ4v) is 2.97. The van der Waals surface area contributed by atoms with Crippen molar-refractivity contribution in [2.24, 2.45) is 17.4 Å². The molecule has 4 amide bonds. The minimum atomic E-state index is -1.64. The quantitative estimate of drug-likeness (QED) is 0.147. The maximum Gasteiger partial charge on any atom is 0.326 e. The second-order valence-electron chi connectivity index (χ2n) is 8.50. The lowest BCUT2D eigenvalue weighted by molar-refractivity contribution is -0.143. The molecule has 1 aromatic carbocycles. The Morgan fingerprint density at radius 1 is 0.886 bits per heavy atom. The van der Waals surface area contributed by atoms with E-state index in [0.717, 1.165) is 0 Å². The van der Waals surface area contributed by atoms with E-state index in [0.29, 0.717) is 5.56 Å². The molecule has 0 heterocycles. The van der Waals surface area contributed by atoms with Gasteiger partial charge >= 0.3 is 5.97 Å². The van der Waals surface area contributed by atoms with Gasteiger partial charge in [0.1, 0.15) is 23.9 Å². The Labute approximate surface area is 202 Å². The molecule has 0 aliphatic heterocycles. The van der Waals surface area contributed by atoms with Crippen LogP contribution in [0.15, 0.2) is 24.3 Å². The molecule has 194 valence electrons. The van der Waals surface area contributed by atoms with Gasteiger partial charge in [-0.1, -0.05) is 26.0 Å². The monoisotopic (exact) mass is 495 g/mol. The smallest absolute Gasteiger partial charge is 0.326 e. The molecule has 0 aliphatic carbocycles. The number of hydrogen-bond acceptors (Lipinski definition) is 8. The molecule has 0 radical (unpaired) electrons. The van der Waals surface area contributed by atoms with Crippen molar-refractivity contribution in [2.45, 2.75) is 63.9 Å². The summed E-state index contributed by atoms with van der Waals surface area (Å²) in [7, 11) is 0. The van der Waals surface area contributed by atoms with Crippen LogP contribution in [0.25, 0.3) is 0 Å². The largest absolute Gasteiger partial charge is 0.508 e. The van der Waals surface area contributed by atoms with Gasteiger partial charge in [0.15, 0.2) is 0 Å². The summed E-state index contributed by atoms with van der Waals surface area (Å²) >= 11 is 0. The van der Waals surface area contributed by atoms with Crippen molar-refractivity contribution in [1.82, 2.24) is 16.0 Å². The minimum absolute atomic E-state index is 0.0374. The number of carboxylic acid groups (broad SMARTS) is 1. The zero-order chi connectivity index (χ0) is 26.9. The molecule has 0 fully saturated rings. The van der Waals surface area contributed by atoms with Gasteiger partial charge < -0.3 is 42.7 Å². The molecular formula is C22H33N5O8. The van der Waals surface area contributed by atoms with Gasteiger partial charge in [0, 0.05) is 6.42 Å². The summed E-state index contributed by atoms with van der Waals surface area (Å²) in [4.78, 5) is 60.8. The highest BCUT2D eigenvalue weighted by molar-refractivity contribution is 5.95. The number of phenols is 1. The molecule has 35 heavy (non-hydrogen) atoms. The number of benzene rings is 1. The first kappa shape index (κ1) is 29.3. The van der Waals surface area contributed by atoms with Crippen molar-refractivity contribution in [3.8, 4) is 5.75 Å². The predicted octanol–water partition coefficient (Wildman–Crippen LogP) is -2.29. The SMILES string of the molecule is CC(C)C(N)C(=O)NC(C(=O)NC(Cc1ccc(O)cc1)C(=O)NC(CC(N)=O)C(=O)O)C(C)O. The van der Waals surface area contributed by atoms with Crippen LogP contribution >= 0.6 is 0 Å². The third-order valence-electron chi connectivity index (χ3n) is 5.11. The zero-order valence-electron chi connectivity index (χ0n) is 19.7. The van der Waals surface area contributed by atoms with E-state index in [1.54, 1.807) is 13.8 Å². The van der Waals surface area contributed by atoms with Gasteiger partial charge in [0.2, 0.25) is 23.6 Å². The van der Waals surface area contributed by atoms with Crippen molar-refractivity contribution in [3.05, 3.63) is 29.8 Å². The number of aliphatic hydroxyl groups is 1. The van der Waals surface area contributed by atoms with Gasteiger partial charge in [-0.2, -0.15) is 0 Å². The van der Waals surface area contributed by atoms with Crippen molar-refractivity contribution in [2.75, 3.05) is 0 Å². The van der Waals surface area contributed by atoms with E-state index >= 15 is 0 Å². The van der Waals surface area contributed by atoms with Crippen LogP contribution in [0.2, 0.25) is 0 Å². The molecule has 1 aromatic rings. The highest BCUT2D eigenvalue weighted by atomic mass is 16.4. The fraction of sp³-hybridized carbons (Fsp3) is 0.500. The Bertz CT molecular complexity index is 919. The minimum Gasteiger partial charge on any atom is -0.508 e. The third kappa shape index (κ3) is 9.59. The topological polar surface area (TPSA) is 234 Å². The van der Waals surface area contributed by atoms with E-state index in [1.165, 1.54) is 31.2 Å². The number of aliphatic hydroxyl groups excluding tert-OH is 1. The Kier molecular flexibility index (Phi) is 11.1. The lowest BCUT2D eigenvalue weighted by Gasteiger charge is -2.27. The summed E-state index contributed by atoms with van der Waals surface area (Å²) in [6.07, 6.45) is -2.19. The molecule has 10 N–H and O–H groups in total. The third-order valence-corrected chi connectivity index (χ3v) is 5.11. The summed E-state index contributed by atoms with van der Waals surface area (Å²) in [5.41, 5.74) is 11.3. The fourth-order valence-electron chi connectivity index (χ4n) is 2.97. The first-order valence-electron chi connectivity index (χ1n) is 10.9. The van der Waals surface area contributed by atoms with Crippen LogP contribution < -0.4 is 27.4 Å². The van der Waals surface area contributed by atoms with E-state index < -0.39 is 66.3 Å². The van der Waals surface area contributed by atoms with E-state index in [2.05, 4.69) is 16.0 Å². The van der Waals surface area contributed by atoms with Crippen molar-refractivity contribution in [1.29, 1.82) is 0 Å². The van der Waals surface area contributed by atoms with Crippen LogP contribution in [0.5, 0.6) is 5.75 Å². The van der Waals surface area contributed by atoms with Gasteiger partial charge in [-0.05, 0) is 30.5 Å². The maximum atomic E-state index is 12.9. The Morgan fingerprint density at radius 3 is 1.89 bits per heavy atom. The number of aliphatic carboxylic acids is 1. The number of aromatic hydroxyl groups is 1. The molecular weight excluding hydrogens is 462 g/mol. The van der Waals surface area contributed by atoms with Crippen LogP contribution in [0.1, 0.15) is 32.8 Å². The van der Waals surface area contributed by atoms with Crippen LogP contribution in [-0.4, -0.2) is 75.2 Å². The molecule has 13 heteroatoms. The molecule has 0 spiro atoms. The van der Waals surface area contributed by atoms with Crippen molar-refractivity contribution >= 4 is 29.6 Å². The lowest BCUT2D eigenvalue weighted by Crippen LogP contribution is -2.60. The molecule has 0 aliphatic rings. The predicted molar refractivity (Wildman–Crippen MR) is 124 cm³/mol. The number of rotatable bonds is 13. The molecule has 5 unspecified atom stereocenters. The van der Waals surface area contributed by atoms with Crippen LogP contribution in [0.4, 0.5) is 0 Å². The number of primary amides is 1. The lowest BCUT2D eigenvalue weighted by atomic mass is 10.0. The number of phenolic OH excluding ortho intramolecular Hbond substituents is 1. The molecule has 0 aromatic heterocycles. The van der Waals surface area contributed by atoms with Gasteiger partial charge in [-0.15, -0.1) is 0 Å². The number of amides is 4. The molecule has 0 saturated carbocycles. The molecule has 0 bridgehead atoms. The van der Waals surface area contributed by atoms with Gasteiger partial charge in [-0.3, -0.25) is 19.2 Å². The average Bonchev–Trinajstić information content (AvgIpc) is 2.76. The Balaban J connectivity index is 3.16. The van der Waals surface area contributed by atoms with E-state index in [9.17, 15) is 39.3 Å². The van der Waals surface area contributed by atoms with Gasteiger partial charge in [0.05, 0.1) is 18.6 Å². The normalized spacial score (nSPS) is 15.3.